The maximum absolute atomic E-state index is 12.5. The monoisotopic (exact) mass is 348 g/mol. The minimum Gasteiger partial charge on any atom is -0.324 e. The fourth-order valence-electron chi connectivity index (χ4n) is 3.03. The molecule has 0 unspecified atom stereocenters. The van der Waals surface area contributed by atoms with Crippen molar-refractivity contribution in [3.63, 3.8) is 0 Å². The fourth-order valence-corrected chi connectivity index (χ4v) is 3.03. The number of imide groups is 1. The molecule has 8 heteroatoms. The van der Waals surface area contributed by atoms with Gasteiger partial charge in [0.15, 0.2) is 5.65 Å². The van der Waals surface area contributed by atoms with Gasteiger partial charge in [-0.05, 0) is 37.1 Å². The number of carbonyl (C=O) groups excluding carboxylic acids is 3. The van der Waals surface area contributed by atoms with E-state index in [0.29, 0.717) is 16.6 Å². The highest BCUT2D eigenvalue weighted by Crippen LogP contribution is 2.39. The molecular weight excluding hydrogens is 336 g/mol. The molecule has 5 rings (SSSR count). The summed E-state index contributed by atoms with van der Waals surface area (Å²) in [5.74, 6) is -0.939. The van der Waals surface area contributed by atoms with Crippen LogP contribution in [-0.2, 0) is 4.84 Å². The fraction of sp³-hybridized carbons (Fsp3) is 0.167. The van der Waals surface area contributed by atoms with Gasteiger partial charge in [-0.3, -0.25) is 14.0 Å². The van der Waals surface area contributed by atoms with Crippen molar-refractivity contribution >= 4 is 23.4 Å². The molecule has 0 bridgehead atoms. The Labute approximate surface area is 147 Å². The van der Waals surface area contributed by atoms with Crippen LogP contribution in [0.1, 0.15) is 55.7 Å². The van der Waals surface area contributed by atoms with Gasteiger partial charge in [0.05, 0.1) is 16.7 Å². The molecule has 1 saturated carbocycles. The van der Waals surface area contributed by atoms with Gasteiger partial charge in [0.25, 0.3) is 11.8 Å². The van der Waals surface area contributed by atoms with Gasteiger partial charge in [0.2, 0.25) is 0 Å². The lowest BCUT2D eigenvalue weighted by Gasteiger charge is -2.12. The third-order valence-corrected chi connectivity index (χ3v) is 4.54. The summed E-state index contributed by atoms with van der Waals surface area (Å²) in [5, 5.41) is 8.74. The van der Waals surface area contributed by atoms with E-state index in [-0.39, 0.29) is 16.7 Å². The van der Waals surface area contributed by atoms with Crippen molar-refractivity contribution < 1.29 is 19.2 Å². The van der Waals surface area contributed by atoms with Crippen LogP contribution in [0, 0.1) is 0 Å². The van der Waals surface area contributed by atoms with E-state index in [0.717, 1.165) is 18.7 Å². The first-order valence-electron chi connectivity index (χ1n) is 8.18. The van der Waals surface area contributed by atoms with Crippen molar-refractivity contribution in [3.8, 4) is 0 Å². The van der Waals surface area contributed by atoms with Gasteiger partial charge in [-0.25, -0.2) is 4.79 Å². The molecule has 0 atom stereocenters. The van der Waals surface area contributed by atoms with Crippen LogP contribution >= 0.6 is 0 Å². The molecule has 1 aliphatic heterocycles. The van der Waals surface area contributed by atoms with Crippen LogP contribution in [0.2, 0.25) is 0 Å². The van der Waals surface area contributed by atoms with Crippen LogP contribution in [0.15, 0.2) is 42.6 Å². The number of carbonyl (C=O) groups is 3. The topological polar surface area (TPSA) is 93.9 Å². The Hall–Kier alpha value is -3.55. The second kappa shape index (κ2) is 5.22. The molecule has 1 fully saturated rings. The molecule has 1 aliphatic carbocycles. The molecule has 3 aromatic rings. The SMILES string of the molecule is O=C(ON1C(=O)c2ccccc2C1=O)c1ccc2nnc(C3CC3)n2c1. The lowest BCUT2D eigenvalue weighted by Crippen LogP contribution is -2.32. The highest BCUT2D eigenvalue weighted by atomic mass is 16.7. The number of amides is 2. The molecular formula is C18H12N4O4. The third-order valence-electron chi connectivity index (χ3n) is 4.54. The van der Waals surface area contributed by atoms with E-state index in [1.807, 2.05) is 0 Å². The second-order valence-electron chi connectivity index (χ2n) is 6.31. The van der Waals surface area contributed by atoms with Crippen molar-refractivity contribution in [1.82, 2.24) is 19.7 Å². The van der Waals surface area contributed by atoms with Crippen LogP contribution in [-0.4, -0.2) is 37.4 Å². The first-order valence-corrected chi connectivity index (χ1v) is 8.18. The molecule has 0 saturated heterocycles. The van der Waals surface area contributed by atoms with Crippen LogP contribution in [0.3, 0.4) is 0 Å². The molecule has 8 nitrogen and oxygen atoms in total. The summed E-state index contributed by atoms with van der Waals surface area (Å²) in [6, 6.07) is 9.52. The Balaban J connectivity index is 1.44. The van der Waals surface area contributed by atoms with Gasteiger partial charge in [0.1, 0.15) is 5.82 Å². The first-order chi connectivity index (χ1) is 12.6. The van der Waals surface area contributed by atoms with Crippen molar-refractivity contribution in [2.75, 3.05) is 0 Å². The molecule has 2 aromatic heterocycles. The summed E-state index contributed by atoms with van der Waals surface area (Å²) < 4.78 is 1.75. The van der Waals surface area contributed by atoms with E-state index < -0.39 is 17.8 Å². The Morgan fingerprint density at radius 3 is 2.35 bits per heavy atom. The van der Waals surface area contributed by atoms with Crippen LogP contribution in [0.4, 0.5) is 0 Å². The lowest BCUT2D eigenvalue weighted by atomic mass is 10.1. The van der Waals surface area contributed by atoms with E-state index in [1.165, 1.54) is 18.2 Å². The number of hydrogen-bond acceptors (Lipinski definition) is 6. The quantitative estimate of drug-likeness (QED) is 0.672. The van der Waals surface area contributed by atoms with E-state index in [4.69, 9.17) is 4.84 Å². The Morgan fingerprint density at radius 2 is 1.69 bits per heavy atom. The Bertz CT molecular complexity index is 1060. The summed E-state index contributed by atoms with van der Waals surface area (Å²) in [5.41, 5.74) is 1.27. The number of pyridine rings is 1. The van der Waals surface area contributed by atoms with Gasteiger partial charge in [-0.1, -0.05) is 17.2 Å². The molecule has 1 aromatic carbocycles. The van der Waals surface area contributed by atoms with Gasteiger partial charge in [-0.15, -0.1) is 10.2 Å². The van der Waals surface area contributed by atoms with E-state index in [2.05, 4.69) is 10.2 Å². The average molecular weight is 348 g/mol. The summed E-state index contributed by atoms with van der Waals surface area (Å²) in [6.45, 7) is 0. The molecule has 0 spiro atoms. The molecule has 3 heterocycles. The summed E-state index contributed by atoms with van der Waals surface area (Å²) >= 11 is 0. The highest BCUT2D eigenvalue weighted by Gasteiger charge is 2.39. The molecule has 26 heavy (non-hydrogen) atoms. The van der Waals surface area contributed by atoms with Gasteiger partial charge in [0, 0.05) is 12.1 Å². The van der Waals surface area contributed by atoms with Gasteiger partial charge in [-0.2, -0.15) is 0 Å². The van der Waals surface area contributed by atoms with Crippen molar-refractivity contribution in [3.05, 3.63) is 65.1 Å². The van der Waals surface area contributed by atoms with Gasteiger partial charge >= 0.3 is 5.97 Å². The van der Waals surface area contributed by atoms with Crippen molar-refractivity contribution in [2.24, 2.45) is 0 Å². The summed E-state index contributed by atoms with van der Waals surface area (Å²) in [7, 11) is 0. The zero-order valence-corrected chi connectivity index (χ0v) is 13.5. The molecule has 2 aliphatic rings. The predicted molar refractivity (Wildman–Crippen MR) is 87.3 cm³/mol. The largest absolute Gasteiger partial charge is 0.365 e. The Kier molecular flexibility index (Phi) is 2.96. The van der Waals surface area contributed by atoms with Crippen LogP contribution in [0.25, 0.3) is 5.65 Å². The standard InChI is InChI=1S/C18H12N4O4/c23-16-12-3-1-2-4-13(12)17(24)22(16)26-18(25)11-7-8-14-19-20-15(10-5-6-10)21(14)9-11/h1-4,7-10H,5-6H2. The highest BCUT2D eigenvalue weighted by molar-refractivity contribution is 6.21. The van der Waals surface area contributed by atoms with E-state index in [9.17, 15) is 14.4 Å². The maximum atomic E-state index is 12.5. The second-order valence-corrected chi connectivity index (χ2v) is 6.31. The number of hydroxylamine groups is 2. The number of nitrogens with zero attached hydrogens (tertiary/aromatic N) is 4. The number of aromatic nitrogens is 3. The molecule has 128 valence electrons. The minimum absolute atomic E-state index is 0.204. The Morgan fingerprint density at radius 1 is 1.00 bits per heavy atom. The zero-order valence-electron chi connectivity index (χ0n) is 13.5. The molecule has 2 amide bonds. The van der Waals surface area contributed by atoms with Crippen molar-refractivity contribution in [1.29, 1.82) is 0 Å². The van der Waals surface area contributed by atoms with Gasteiger partial charge < -0.3 is 4.84 Å². The third kappa shape index (κ3) is 2.12. The normalized spacial score (nSPS) is 16.2. The predicted octanol–water partition coefficient (Wildman–Crippen LogP) is 1.97. The number of fused-ring (bicyclic) bond motifs is 2. The number of benzene rings is 1. The number of hydrogen-bond donors (Lipinski definition) is 0. The van der Waals surface area contributed by atoms with Crippen LogP contribution < -0.4 is 0 Å². The first kappa shape index (κ1) is 14.8. The molecule has 0 N–H and O–H groups in total. The minimum atomic E-state index is -0.795. The zero-order chi connectivity index (χ0) is 17.8. The van der Waals surface area contributed by atoms with Crippen LogP contribution in [0.5, 0.6) is 0 Å². The summed E-state index contributed by atoms with van der Waals surface area (Å²) in [6.07, 6.45) is 3.67. The molecule has 0 radical (unpaired) electrons. The van der Waals surface area contributed by atoms with E-state index in [1.54, 1.807) is 28.8 Å². The van der Waals surface area contributed by atoms with E-state index >= 15 is 0 Å². The maximum Gasteiger partial charge on any atom is 0.365 e. The van der Waals surface area contributed by atoms with Crippen molar-refractivity contribution in [2.45, 2.75) is 18.8 Å². The smallest absolute Gasteiger partial charge is 0.324 e. The summed E-state index contributed by atoms with van der Waals surface area (Å²) in [4.78, 5) is 42.2. The average Bonchev–Trinajstić information content (AvgIpc) is 3.38. The number of rotatable bonds is 3. The lowest BCUT2D eigenvalue weighted by molar-refractivity contribution is -0.0584.